The van der Waals surface area contributed by atoms with E-state index >= 15 is 0 Å². The topological polar surface area (TPSA) is 35.2 Å². The zero-order valence-electron chi connectivity index (χ0n) is 11.7. The van der Waals surface area contributed by atoms with Gasteiger partial charge in [0.15, 0.2) is 0 Å². The molecule has 0 bridgehead atoms. The minimum atomic E-state index is -4.34. The Morgan fingerprint density at radius 3 is 2.10 bits per heavy atom. The van der Waals surface area contributed by atoms with Gasteiger partial charge in [0, 0.05) is 0 Å². The van der Waals surface area contributed by atoms with Crippen molar-refractivity contribution in [2.45, 2.75) is 19.1 Å². The molecule has 0 radical (unpaired) electrons. The van der Waals surface area contributed by atoms with Crippen LogP contribution in [0.3, 0.4) is 0 Å². The first-order valence-electron chi connectivity index (χ1n) is 6.40. The quantitative estimate of drug-likeness (QED) is 0.926. The van der Waals surface area contributed by atoms with Gasteiger partial charge < -0.3 is 10.5 Å². The molecule has 0 amide bonds. The molecule has 0 saturated carbocycles. The van der Waals surface area contributed by atoms with Gasteiger partial charge in [-0.25, -0.2) is 0 Å². The first-order chi connectivity index (χ1) is 9.82. The molecule has 2 N–H and O–H groups in total. The van der Waals surface area contributed by atoms with Gasteiger partial charge in [-0.2, -0.15) is 13.2 Å². The SMILES string of the molecule is COc1cc(C(N)c2ccc(C(F)(F)F)cc2)ccc1C. The Hall–Kier alpha value is -2.01. The molecule has 0 heterocycles. The highest BCUT2D eigenvalue weighted by Gasteiger charge is 2.30. The predicted octanol–water partition coefficient (Wildman–Crippen LogP) is 4.07. The number of halogens is 3. The van der Waals surface area contributed by atoms with Gasteiger partial charge in [0.1, 0.15) is 5.75 Å². The lowest BCUT2D eigenvalue weighted by molar-refractivity contribution is -0.137. The molecule has 2 nitrogen and oxygen atoms in total. The van der Waals surface area contributed by atoms with Crippen LogP contribution in [0, 0.1) is 6.92 Å². The molecule has 0 fully saturated rings. The summed E-state index contributed by atoms with van der Waals surface area (Å²) < 4.78 is 42.8. The second-order valence-electron chi connectivity index (χ2n) is 4.83. The molecule has 2 aromatic rings. The fraction of sp³-hybridized carbons (Fsp3) is 0.250. The van der Waals surface area contributed by atoms with Crippen LogP contribution >= 0.6 is 0 Å². The monoisotopic (exact) mass is 295 g/mol. The van der Waals surface area contributed by atoms with Gasteiger partial charge in [0.2, 0.25) is 0 Å². The first-order valence-corrected chi connectivity index (χ1v) is 6.40. The van der Waals surface area contributed by atoms with E-state index in [4.69, 9.17) is 10.5 Å². The van der Waals surface area contributed by atoms with Crippen molar-refractivity contribution in [1.29, 1.82) is 0 Å². The molecule has 2 aromatic carbocycles. The van der Waals surface area contributed by atoms with Crippen molar-refractivity contribution < 1.29 is 17.9 Å². The predicted molar refractivity (Wildman–Crippen MR) is 75.2 cm³/mol. The van der Waals surface area contributed by atoms with E-state index in [1.807, 2.05) is 19.1 Å². The molecule has 112 valence electrons. The lowest BCUT2D eigenvalue weighted by Crippen LogP contribution is -2.13. The summed E-state index contributed by atoms with van der Waals surface area (Å²) >= 11 is 0. The normalized spacial score (nSPS) is 13.0. The summed E-state index contributed by atoms with van der Waals surface area (Å²) in [6.45, 7) is 1.91. The smallest absolute Gasteiger partial charge is 0.416 e. The number of ether oxygens (including phenoxy) is 1. The number of hydrogen-bond acceptors (Lipinski definition) is 2. The summed E-state index contributed by atoms with van der Waals surface area (Å²) in [6, 6.07) is 9.92. The molecule has 5 heteroatoms. The molecule has 0 aromatic heterocycles. The largest absolute Gasteiger partial charge is 0.496 e. The van der Waals surface area contributed by atoms with Crippen molar-refractivity contribution in [1.82, 2.24) is 0 Å². The van der Waals surface area contributed by atoms with Gasteiger partial charge in [-0.1, -0.05) is 24.3 Å². The van der Waals surface area contributed by atoms with Crippen molar-refractivity contribution in [3.05, 3.63) is 64.7 Å². The van der Waals surface area contributed by atoms with E-state index < -0.39 is 17.8 Å². The molecule has 0 saturated heterocycles. The van der Waals surface area contributed by atoms with Crippen LogP contribution in [0.15, 0.2) is 42.5 Å². The third-order valence-corrected chi connectivity index (χ3v) is 3.39. The van der Waals surface area contributed by atoms with E-state index in [1.54, 1.807) is 13.2 Å². The van der Waals surface area contributed by atoms with Crippen LogP contribution in [-0.4, -0.2) is 7.11 Å². The molecule has 0 aliphatic rings. The Balaban J connectivity index is 2.29. The van der Waals surface area contributed by atoms with Crippen molar-refractivity contribution >= 4 is 0 Å². The van der Waals surface area contributed by atoms with Crippen molar-refractivity contribution in [2.75, 3.05) is 7.11 Å². The van der Waals surface area contributed by atoms with Crippen LogP contribution in [0.25, 0.3) is 0 Å². The summed E-state index contributed by atoms with van der Waals surface area (Å²) in [7, 11) is 1.57. The Kier molecular flexibility index (Phi) is 4.23. The maximum Gasteiger partial charge on any atom is 0.416 e. The summed E-state index contributed by atoms with van der Waals surface area (Å²) in [5.41, 5.74) is 7.81. The first kappa shape index (κ1) is 15.4. The van der Waals surface area contributed by atoms with Gasteiger partial charge in [-0.15, -0.1) is 0 Å². The molecule has 0 aliphatic carbocycles. The van der Waals surface area contributed by atoms with Crippen molar-refractivity contribution in [2.24, 2.45) is 5.73 Å². The van der Waals surface area contributed by atoms with Crippen LogP contribution in [0.2, 0.25) is 0 Å². The van der Waals surface area contributed by atoms with E-state index in [0.29, 0.717) is 11.3 Å². The number of nitrogens with two attached hydrogens (primary N) is 1. The maximum absolute atomic E-state index is 12.5. The number of methoxy groups -OCH3 is 1. The Bertz CT molecular complexity index is 620. The zero-order valence-corrected chi connectivity index (χ0v) is 11.7. The molecule has 21 heavy (non-hydrogen) atoms. The van der Waals surface area contributed by atoms with E-state index in [2.05, 4.69) is 0 Å². The molecular weight excluding hydrogens is 279 g/mol. The number of rotatable bonds is 3. The third-order valence-electron chi connectivity index (χ3n) is 3.39. The molecule has 0 aliphatic heterocycles. The second kappa shape index (κ2) is 5.77. The van der Waals surface area contributed by atoms with Gasteiger partial charge in [0.25, 0.3) is 0 Å². The third kappa shape index (κ3) is 3.36. The summed E-state index contributed by atoms with van der Waals surface area (Å²) in [4.78, 5) is 0. The number of alkyl halides is 3. The summed E-state index contributed by atoms with van der Waals surface area (Å²) in [5, 5.41) is 0. The Morgan fingerprint density at radius 1 is 1.00 bits per heavy atom. The zero-order chi connectivity index (χ0) is 15.6. The number of benzene rings is 2. The van der Waals surface area contributed by atoms with E-state index in [0.717, 1.165) is 23.3 Å². The maximum atomic E-state index is 12.5. The highest BCUT2D eigenvalue weighted by molar-refractivity contribution is 5.41. The second-order valence-corrected chi connectivity index (χ2v) is 4.83. The van der Waals surface area contributed by atoms with Crippen LogP contribution < -0.4 is 10.5 Å². The van der Waals surface area contributed by atoms with Gasteiger partial charge in [0.05, 0.1) is 18.7 Å². The summed E-state index contributed by atoms with van der Waals surface area (Å²) in [5.74, 6) is 0.704. The number of aryl methyl sites for hydroxylation is 1. The van der Waals surface area contributed by atoms with E-state index in [9.17, 15) is 13.2 Å². The number of hydrogen-bond donors (Lipinski definition) is 1. The van der Waals surface area contributed by atoms with Gasteiger partial charge in [-0.05, 0) is 41.8 Å². The van der Waals surface area contributed by atoms with Crippen LogP contribution in [0.4, 0.5) is 13.2 Å². The molecule has 2 rings (SSSR count). The average molecular weight is 295 g/mol. The van der Waals surface area contributed by atoms with Crippen molar-refractivity contribution in [3.63, 3.8) is 0 Å². The average Bonchev–Trinajstić information content (AvgIpc) is 2.46. The molecule has 1 atom stereocenters. The van der Waals surface area contributed by atoms with E-state index in [-0.39, 0.29) is 0 Å². The van der Waals surface area contributed by atoms with Crippen LogP contribution in [0.1, 0.15) is 28.3 Å². The van der Waals surface area contributed by atoms with Crippen molar-refractivity contribution in [3.8, 4) is 5.75 Å². The molecule has 0 spiro atoms. The lowest BCUT2D eigenvalue weighted by Gasteiger charge is -2.16. The fourth-order valence-electron chi connectivity index (χ4n) is 2.10. The lowest BCUT2D eigenvalue weighted by atomic mass is 9.97. The molecular formula is C16H16F3NO. The van der Waals surface area contributed by atoms with Crippen LogP contribution in [0.5, 0.6) is 5.75 Å². The molecule has 1 unspecified atom stereocenters. The van der Waals surface area contributed by atoms with Gasteiger partial charge >= 0.3 is 6.18 Å². The summed E-state index contributed by atoms with van der Waals surface area (Å²) in [6.07, 6.45) is -4.34. The van der Waals surface area contributed by atoms with Gasteiger partial charge in [-0.3, -0.25) is 0 Å². The Labute approximate surface area is 121 Å². The fourth-order valence-corrected chi connectivity index (χ4v) is 2.10. The highest BCUT2D eigenvalue weighted by atomic mass is 19.4. The van der Waals surface area contributed by atoms with E-state index in [1.165, 1.54) is 12.1 Å². The standard InChI is InChI=1S/C16H16F3NO/c1-10-3-4-12(9-14(10)21-2)15(20)11-5-7-13(8-6-11)16(17,18)19/h3-9,15H,20H2,1-2H3. The Morgan fingerprint density at radius 2 is 1.57 bits per heavy atom. The van der Waals surface area contributed by atoms with Crippen LogP contribution in [-0.2, 0) is 6.18 Å². The minimum Gasteiger partial charge on any atom is -0.496 e. The minimum absolute atomic E-state index is 0.498. The highest BCUT2D eigenvalue weighted by Crippen LogP contribution is 2.31.